The monoisotopic (exact) mass is 398 g/mol. The van der Waals surface area contributed by atoms with Crippen LogP contribution in [-0.2, 0) is 0 Å². The molecule has 3 heterocycles. The van der Waals surface area contributed by atoms with Gasteiger partial charge in [-0.05, 0) is 47.9 Å². The molecule has 5 rings (SSSR count). The van der Waals surface area contributed by atoms with Crippen LogP contribution in [0.4, 0.5) is 0 Å². The van der Waals surface area contributed by atoms with Crippen molar-refractivity contribution in [2.45, 2.75) is 0 Å². The van der Waals surface area contributed by atoms with Crippen LogP contribution in [-0.4, -0.2) is 24.2 Å². The molecule has 0 N–H and O–H groups in total. The van der Waals surface area contributed by atoms with Gasteiger partial charge in [0, 0.05) is 41.2 Å². The summed E-state index contributed by atoms with van der Waals surface area (Å²) < 4.78 is 22.8. The van der Waals surface area contributed by atoms with Crippen molar-refractivity contribution in [1.29, 1.82) is 0 Å². The molecule has 30 heavy (non-hydrogen) atoms. The summed E-state index contributed by atoms with van der Waals surface area (Å²) in [5.74, 6) is 2.50. The number of methoxy groups -OCH3 is 2. The molecule has 2 aromatic carbocycles. The SMILES string of the molecule is COc1cc(Oc2nccc3occc23)ccc1-c1c(OC)ccc2cnccc12. The third kappa shape index (κ3) is 2.99. The van der Waals surface area contributed by atoms with Crippen LogP contribution in [0.1, 0.15) is 0 Å². The highest BCUT2D eigenvalue weighted by Gasteiger charge is 2.17. The lowest BCUT2D eigenvalue weighted by molar-refractivity contribution is 0.406. The minimum Gasteiger partial charge on any atom is -0.496 e. The van der Waals surface area contributed by atoms with Crippen LogP contribution in [0.25, 0.3) is 32.9 Å². The Morgan fingerprint density at radius 3 is 2.60 bits per heavy atom. The molecule has 0 aliphatic heterocycles. The minimum absolute atomic E-state index is 0.477. The van der Waals surface area contributed by atoms with Crippen molar-refractivity contribution < 1.29 is 18.6 Å². The van der Waals surface area contributed by atoms with Crippen LogP contribution >= 0.6 is 0 Å². The van der Waals surface area contributed by atoms with Crippen molar-refractivity contribution >= 4 is 21.7 Å². The number of benzene rings is 2. The molecule has 3 aromatic heterocycles. The Morgan fingerprint density at radius 1 is 0.833 bits per heavy atom. The van der Waals surface area contributed by atoms with Gasteiger partial charge < -0.3 is 18.6 Å². The van der Waals surface area contributed by atoms with E-state index in [-0.39, 0.29) is 0 Å². The molecule has 0 bridgehead atoms. The maximum atomic E-state index is 6.04. The van der Waals surface area contributed by atoms with E-state index in [1.165, 1.54) is 0 Å². The quantitative estimate of drug-likeness (QED) is 0.370. The summed E-state index contributed by atoms with van der Waals surface area (Å²) in [6.07, 6.45) is 6.87. The molecular formula is C24H18N2O4. The number of pyridine rings is 2. The Bertz CT molecular complexity index is 1360. The van der Waals surface area contributed by atoms with Gasteiger partial charge in [0.2, 0.25) is 5.88 Å². The largest absolute Gasteiger partial charge is 0.496 e. The zero-order valence-corrected chi connectivity index (χ0v) is 16.5. The summed E-state index contributed by atoms with van der Waals surface area (Å²) in [5, 5.41) is 2.86. The lowest BCUT2D eigenvalue weighted by Gasteiger charge is -2.16. The third-order valence-electron chi connectivity index (χ3n) is 5.00. The topological polar surface area (TPSA) is 66.6 Å². The molecule has 0 radical (unpaired) electrons. The summed E-state index contributed by atoms with van der Waals surface area (Å²) >= 11 is 0. The second-order valence-corrected chi connectivity index (χ2v) is 6.65. The maximum Gasteiger partial charge on any atom is 0.230 e. The summed E-state index contributed by atoms with van der Waals surface area (Å²) in [5.41, 5.74) is 2.56. The van der Waals surface area contributed by atoms with E-state index < -0.39 is 0 Å². The van der Waals surface area contributed by atoms with E-state index in [0.717, 1.165) is 38.6 Å². The summed E-state index contributed by atoms with van der Waals surface area (Å²) in [6.45, 7) is 0. The van der Waals surface area contributed by atoms with Gasteiger partial charge in [-0.15, -0.1) is 0 Å². The fourth-order valence-corrected chi connectivity index (χ4v) is 3.60. The molecule has 0 fully saturated rings. The Balaban J connectivity index is 1.62. The molecule has 0 unspecified atom stereocenters. The molecule has 0 spiro atoms. The lowest BCUT2D eigenvalue weighted by atomic mass is 9.97. The van der Waals surface area contributed by atoms with E-state index in [2.05, 4.69) is 9.97 Å². The Morgan fingerprint density at radius 2 is 1.73 bits per heavy atom. The van der Waals surface area contributed by atoms with E-state index in [0.29, 0.717) is 17.4 Å². The van der Waals surface area contributed by atoms with Crippen molar-refractivity contribution in [1.82, 2.24) is 9.97 Å². The van der Waals surface area contributed by atoms with Crippen LogP contribution in [0.5, 0.6) is 23.1 Å². The van der Waals surface area contributed by atoms with E-state index >= 15 is 0 Å². The highest BCUT2D eigenvalue weighted by atomic mass is 16.5. The number of hydrogen-bond donors (Lipinski definition) is 0. The number of furan rings is 1. The second kappa shape index (κ2) is 7.40. The number of fused-ring (bicyclic) bond motifs is 2. The first-order chi connectivity index (χ1) is 14.8. The number of ether oxygens (including phenoxy) is 3. The Hall–Kier alpha value is -4.06. The van der Waals surface area contributed by atoms with Gasteiger partial charge in [-0.1, -0.05) is 0 Å². The van der Waals surface area contributed by atoms with Crippen molar-refractivity contribution in [2.24, 2.45) is 0 Å². The molecule has 6 nitrogen and oxygen atoms in total. The van der Waals surface area contributed by atoms with E-state index in [9.17, 15) is 0 Å². The minimum atomic E-state index is 0.477. The molecule has 0 saturated carbocycles. The second-order valence-electron chi connectivity index (χ2n) is 6.65. The predicted octanol–water partition coefficient (Wildman–Crippen LogP) is 5.85. The number of aromatic nitrogens is 2. The molecule has 0 amide bonds. The molecular weight excluding hydrogens is 380 g/mol. The molecule has 0 aliphatic carbocycles. The first-order valence-corrected chi connectivity index (χ1v) is 9.37. The van der Waals surface area contributed by atoms with Gasteiger partial charge in [0.05, 0.1) is 25.9 Å². The van der Waals surface area contributed by atoms with Gasteiger partial charge >= 0.3 is 0 Å². The Labute approximate surface area is 172 Å². The van der Waals surface area contributed by atoms with Crippen LogP contribution in [0.15, 0.2) is 77.8 Å². The van der Waals surface area contributed by atoms with Crippen molar-refractivity contribution in [3.05, 3.63) is 73.4 Å². The zero-order valence-electron chi connectivity index (χ0n) is 16.5. The van der Waals surface area contributed by atoms with Crippen molar-refractivity contribution in [3.8, 4) is 34.3 Å². The molecule has 0 aliphatic rings. The molecule has 0 saturated heterocycles. The van der Waals surface area contributed by atoms with Crippen molar-refractivity contribution in [2.75, 3.05) is 14.2 Å². The van der Waals surface area contributed by atoms with E-state index in [4.69, 9.17) is 18.6 Å². The average Bonchev–Trinajstić information content (AvgIpc) is 3.28. The van der Waals surface area contributed by atoms with E-state index in [1.54, 1.807) is 38.9 Å². The van der Waals surface area contributed by atoms with Gasteiger partial charge in [0.15, 0.2) is 0 Å². The summed E-state index contributed by atoms with van der Waals surface area (Å²) in [6, 6.07) is 15.2. The normalized spacial score (nSPS) is 11.0. The summed E-state index contributed by atoms with van der Waals surface area (Å²) in [7, 11) is 3.30. The predicted molar refractivity (Wildman–Crippen MR) is 114 cm³/mol. The standard InChI is InChI=1S/C24H18N2O4/c1-27-21-6-3-15-14-25-10-7-17(15)23(21)18-5-4-16(13-22(18)28-2)30-24-19-9-12-29-20(19)8-11-26-24/h3-14H,1-2H3. The molecule has 0 atom stereocenters. The Kier molecular flexibility index (Phi) is 4.44. The van der Waals surface area contributed by atoms with E-state index in [1.807, 2.05) is 48.7 Å². The first-order valence-electron chi connectivity index (χ1n) is 9.37. The van der Waals surface area contributed by atoms with Gasteiger partial charge in [0.1, 0.15) is 22.8 Å². The van der Waals surface area contributed by atoms with Crippen LogP contribution in [0, 0.1) is 0 Å². The van der Waals surface area contributed by atoms with Crippen LogP contribution in [0.3, 0.4) is 0 Å². The van der Waals surface area contributed by atoms with Gasteiger partial charge in [-0.2, -0.15) is 0 Å². The summed E-state index contributed by atoms with van der Waals surface area (Å²) in [4.78, 5) is 8.55. The van der Waals surface area contributed by atoms with Crippen LogP contribution in [0.2, 0.25) is 0 Å². The zero-order chi connectivity index (χ0) is 20.5. The van der Waals surface area contributed by atoms with Gasteiger partial charge in [-0.25, -0.2) is 4.98 Å². The van der Waals surface area contributed by atoms with Gasteiger partial charge in [0.25, 0.3) is 0 Å². The molecule has 148 valence electrons. The molecule has 6 heteroatoms. The highest BCUT2D eigenvalue weighted by molar-refractivity contribution is 6.00. The number of rotatable bonds is 5. The average molecular weight is 398 g/mol. The number of nitrogens with zero attached hydrogens (tertiary/aromatic N) is 2. The first kappa shape index (κ1) is 18.0. The fraction of sp³-hybridized carbons (Fsp3) is 0.0833. The number of hydrogen-bond acceptors (Lipinski definition) is 6. The lowest BCUT2D eigenvalue weighted by Crippen LogP contribution is -1.95. The fourth-order valence-electron chi connectivity index (χ4n) is 3.60. The third-order valence-corrected chi connectivity index (χ3v) is 5.00. The maximum absolute atomic E-state index is 6.04. The smallest absolute Gasteiger partial charge is 0.230 e. The highest BCUT2D eigenvalue weighted by Crippen LogP contribution is 2.43. The van der Waals surface area contributed by atoms with Crippen LogP contribution < -0.4 is 14.2 Å². The van der Waals surface area contributed by atoms with Crippen molar-refractivity contribution in [3.63, 3.8) is 0 Å². The molecule has 5 aromatic rings. The van der Waals surface area contributed by atoms with Gasteiger partial charge in [-0.3, -0.25) is 4.98 Å².